The van der Waals surface area contributed by atoms with E-state index in [1.54, 1.807) is 18.3 Å². The van der Waals surface area contributed by atoms with Gasteiger partial charge in [0.15, 0.2) is 0 Å². The highest BCUT2D eigenvalue weighted by Crippen LogP contribution is 2.12. The van der Waals surface area contributed by atoms with Crippen molar-refractivity contribution in [3.63, 3.8) is 0 Å². The Kier molecular flexibility index (Phi) is 2.08. The molecule has 0 aromatic carbocycles. The number of aromatic nitrogens is 2. The molecular weight excluding hydrogens is 140 g/mol. The molecule has 0 spiro atoms. The predicted octanol–water partition coefficient (Wildman–Crippen LogP) is 1.65. The summed E-state index contributed by atoms with van der Waals surface area (Å²) in [5.41, 5.74) is -0.198. The van der Waals surface area contributed by atoms with Crippen molar-refractivity contribution >= 4 is 0 Å². The first-order chi connectivity index (χ1) is 5.08. The fourth-order valence-electron chi connectivity index (χ4n) is 0.656. The summed E-state index contributed by atoms with van der Waals surface area (Å²) in [5, 5.41) is 7.49. The van der Waals surface area contributed by atoms with Crippen LogP contribution in [0.3, 0.4) is 0 Å². The molecule has 0 fully saturated rings. The van der Waals surface area contributed by atoms with Crippen LogP contribution in [0.2, 0.25) is 0 Å². The predicted molar refractivity (Wildman–Crippen MR) is 42.4 cm³/mol. The molecule has 1 aromatic heterocycles. The van der Waals surface area contributed by atoms with Gasteiger partial charge in [0.2, 0.25) is 5.88 Å². The Bertz CT molecular complexity index is 215. The Morgan fingerprint density at radius 3 is 2.55 bits per heavy atom. The molecule has 1 heterocycles. The Labute approximate surface area is 66.4 Å². The standard InChI is InChI=1S/C8H12N2O/c1-8(2,3)11-7-5-4-6-9-10-7/h4-6H,1-3H3. The lowest BCUT2D eigenvalue weighted by Crippen LogP contribution is -2.23. The average molecular weight is 152 g/mol. The largest absolute Gasteiger partial charge is 0.471 e. The molecule has 0 aliphatic rings. The molecule has 0 bridgehead atoms. The first-order valence-electron chi connectivity index (χ1n) is 3.55. The number of hydrogen-bond donors (Lipinski definition) is 0. The molecule has 0 aliphatic carbocycles. The third kappa shape index (κ3) is 2.98. The fourth-order valence-corrected chi connectivity index (χ4v) is 0.656. The van der Waals surface area contributed by atoms with Crippen LogP contribution in [-0.2, 0) is 0 Å². The summed E-state index contributed by atoms with van der Waals surface area (Å²) in [6, 6.07) is 3.59. The maximum Gasteiger partial charge on any atom is 0.233 e. The van der Waals surface area contributed by atoms with Crippen LogP contribution in [0.4, 0.5) is 0 Å². The van der Waals surface area contributed by atoms with Crippen molar-refractivity contribution in [3.05, 3.63) is 18.3 Å². The van der Waals surface area contributed by atoms with Crippen LogP contribution >= 0.6 is 0 Å². The molecule has 3 nitrogen and oxygen atoms in total. The minimum absolute atomic E-state index is 0.198. The van der Waals surface area contributed by atoms with Crippen molar-refractivity contribution in [3.8, 4) is 5.88 Å². The minimum atomic E-state index is -0.198. The summed E-state index contributed by atoms with van der Waals surface area (Å²) in [4.78, 5) is 0. The fraction of sp³-hybridized carbons (Fsp3) is 0.500. The first-order valence-corrected chi connectivity index (χ1v) is 3.55. The van der Waals surface area contributed by atoms with Gasteiger partial charge in [0.1, 0.15) is 5.60 Å². The monoisotopic (exact) mass is 152 g/mol. The zero-order valence-electron chi connectivity index (χ0n) is 7.03. The quantitative estimate of drug-likeness (QED) is 0.613. The maximum absolute atomic E-state index is 5.43. The molecular formula is C8H12N2O. The lowest BCUT2D eigenvalue weighted by molar-refractivity contribution is 0.122. The minimum Gasteiger partial charge on any atom is -0.471 e. The third-order valence-electron chi connectivity index (χ3n) is 0.959. The van der Waals surface area contributed by atoms with Gasteiger partial charge in [-0.2, -0.15) is 5.10 Å². The van der Waals surface area contributed by atoms with E-state index in [1.807, 2.05) is 20.8 Å². The van der Waals surface area contributed by atoms with E-state index in [1.165, 1.54) is 0 Å². The Balaban J connectivity index is 2.66. The topological polar surface area (TPSA) is 35.0 Å². The first kappa shape index (κ1) is 7.98. The van der Waals surface area contributed by atoms with Crippen LogP contribution in [0.15, 0.2) is 18.3 Å². The molecule has 0 unspecified atom stereocenters. The third-order valence-corrected chi connectivity index (χ3v) is 0.959. The summed E-state index contributed by atoms with van der Waals surface area (Å²) in [6.07, 6.45) is 1.62. The molecule has 3 heteroatoms. The zero-order valence-corrected chi connectivity index (χ0v) is 7.03. The van der Waals surface area contributed by atoms with Crippen molar-refractivity contribution in [2.45, 2.75) is 26.4 Å². The highest BCUT2D eigenvalue weighted by atomic mass is 16.5. The van der Waals surface area contributed by atoms with Crippen molar-refractivity contribution in [2.75, 3.05) is 0 Å². The molecule has 0 aliphatic heterocycles. The number of ether oxygens (including phenoxy) is 1. The van der Waals surface area contributed by atoms with E-state index in [2.05, 4.69) is 10.2 Å². The molecule has 60 valence electrons. The smallest absolute Gasteiger partial charge is 0.233 e. The van der Waals surface area contributed by atoms with E-state index in [-0.39, 0.29) is 5.60 Å². The molecule has 0 saturated carbocycles. The van der Waals surface area contributed by atoms with Crippen molar-refractivity contribution < 1.29 is 4.74 Å². The highest BCUT2D eigenvalue weighted by molar-refractivity contribution is 5.06. The zero-order chi connectivity index (χ0) is 8.32. The van der Waals surface area contributed by atoms with Gasteiger partial charge in [0.25, 0.3) is 0 Å². The van der Waals surface area contributed by atoms with Crippen molar-refractivity contribution in [1.29, 1.82) is 0 Å². The molecule has 1 rings (SSSR count). The Morgan fingerprint density at radius 2 is 2.09 bits per heavy atom. The van der Waals surface area contributed by atoms with Gasteiger partial charge in [-0.3, -0.25) is 0 Å². The van der Waals surface area contributed by atoms with Crippen molar-refractivity contribution in [1.82, 2.24) is 10.2 Å². The average Bonchev–Trinajstić information content (AvgIpc) is 1.85. The molecule has 0 atom stereocenters. The van der Waals surface area contributed by atoms with E-state index in [4.69, 9.17) is 4.74 Å². The second-order valence-electron chi connectivity index (χ2n) is 3.28. The molecule has 0 radical (unpaired) electrons. The van der Waals surface area contributed by atoms with E-state index >= 15 is 0 Å². The number of nitrogens with zero attached hydrogens (tertiary/aromatic N) is 2. The summed E-state index contributed by atoms with van der Waals surface area (Å²) in [5.74, 6) is 0.569. The van der Waals surface area contributed by atoms with Gasteiger partial charge in [0, 0.05) is 12.3 Å². The molecule has 1 aromatic rings. The van der Waals surface area contributed by atoms with Crippen LogP contribution in [0.5, 0.6) is 5.88 Å². The Morgan fingerprint density at radius 1 is 1.36 bits per heavy atom. The van der Waals surface area contributed by atoms with Gasteiger partial charge in [-0.1, -0.05) is 0 Å². The lowest BCUT2D eigenvalue weighted by atomic mass is 10.2. The number of hydrogen-bond acceptors (Lipinski definition) is 3. The molecule has 0 saturated heterocycles. The Hall–Kier alpha value is -1.12. The lowest BCUT2D eigenvalue weighted by Gasteiger charge is -2.19. The van der Waals surface area contributed by atoms with Gasteiger partial charge in [0.05, 0.1) is 0 Å². The van der Waals surface area contributed by atoms with Crippen LogP contribution in [0.1, 0.15) is 20.8 Å². The van der Waals surface area contributed by atoms with Gasteiger partial charge in [-0.15, -0.1) is 5.10 Å². The van der Waals surface area contributed by atoms with E-state index in [9.17, 15) is 0 Å². The van der Waals surface area contributed by atoms with E-state index in [0.717, 1.165) is 0 Å². The maximum atomic E-state index is 5.43. The second-order valence-corrected chi connectivity index (χ2v) is 3.28. The SMILES string of the molecule is CC(C)(C)Oc1cccnn1. The van der Waals surface area contributed by atoms with Crippen LogP contribution in [-0.4, -0.2) is 15.8 Å². The molecule has 0 amide bonds. The van der Waals surface area contributed by atoms with E-state index in [0.29, 0.717) is 5.88 Å². The molecule has 11 heavy (non-hydrogen) atoms. The van der Waals surface area contributed by atoms with Gasteiger partial charge >= 0.3 is 0 Å². The summed E-state index contributed by atoms with van der Waals surface area (Å²) >= 11 is 0. The highest BCUT2D eigenvalue weighted by Gasteiger charge is 2.11. The van der Waals surface area contributed by atoms with Crippen LogP contribution in [0.25, 0.3) is 0 Å². The number of rotatable bonds is 1. The van der Waals surface area contributed by atoms with Gasteiger partial charge in [-0.05, 0) is 26.8 Å². The van der Waals surface area contributed by atoms with Gasteiger partial charge < -0.3 is 4.74 Å². The molecule has 0 N–H and O–H groups in total. The second kappa shape index (κ2) is 2.86. The van der Waals surface area contributed by atoms with Gasteiger partial charge in [-0.25, -0.2) is 0 Å². The summed E-state index contributed by atoms with van der Waals surface area (Å²) in [7, 11) is 0. The summed E-state index contributed by atoms with van der Waals surface area (Å²) in [6.45, 7) is 5.92. The van der Waals surface area contributed by atoms with E-state index < -0.39 is 0 Å². The van der Waals surface area contributed by atoms with Crippen LogP contribution in [0, 0.1) is 0 Å². The summed E-state index contributed by atoms with van der Waals surface area (Å²) < 4.78 is 5.43. The van der Waals surface area contributed by atoms with Crippen molar-refractivity contribution in [2.24, 2.45) is 0 Å². The van der Waals surface area contributed by atoms with Crippen LogP contribution < -0.4 is 4.74 Å². The normalized spacial score (nSPS) is 11.2.